The number of hydrogen-bond donors (Lipinski definition) is 2. The van der Waals surface area contributed by atoms with Crippen molar-refractivity contribution in [3.05, 3.63) is 23.8 Å². The Labute approximate surface area is 82.8 Å². The lowest BCUT2D eigenvalue weighted by Gasteiger charge is -2.08. The highest BCUT2D eigenvalue weighted by Gasteiger charge is 2.11. The fraction of sp³-hybridized carbons (Fsp3) is 0.300. The van der Waals surface area contributed by atoms with Crippen molar-refractivity contribution < 1.29 is 9.53 Å². The van der Waals surface area contributed by atoms with Crippen molar-refractivity contribution in [2.45, 2.75) is 6.42 Å². The van der Waals surface area contributed by atoms with Gasteiger partial charge in [-0.2, -0.15) is 0 Å². The number of carbonyl (C=O) groups excluding carboxylic acids is 1. The van der Waals surface area contributed by atoms with Gasteiger partial charge in [0.1, 0.15) is 5.75 Å². The van der Waals surface area contributed by atoms with Crippen LogP contribution in [0.1, 0.15) is 16.8 Å². The maximum absolute atomic E-state index is 11.5. The average molecular weight is 194 g/mol. The molecule has 0 unspecified atom stereocenters. The number of nitrogens with two attached hydrogens (primary N) is 2. The molecule has 4 N–H and O–H groups in total. The smallest absolute Gasteiger partial charge is 0.166 e. The Morgan fingerprint density at radius 2 is 2.21 bits per heavy atom. The molecule has 1 rings (SSSR count). The highest BCUT2D eigenvalue weighted by atomic mass is 16.5. The normalized spacial score (nSPS) is 9.86. The minimum absolute atomic E-state index is 0.0519. The van der Waals surface area contributed by atoms with Crippen LogP contribution in [0.5, 0.6) is 5.75 Å². The van der Waals surface area contributed by atoms with Gasteiger partial charge in [-0.25, -0.2) is 0 Å². The molecule has 0 radical (unpaired) electrons. The third-order valence-electron chi connectivity index (χ3n) is 1.96. The van der Waals surface area contributed by atoms with Crippen LogP contribution in [-0.2, 0) is 0 Å². The van der Waals surface area contributed by atoms with E-state index in [0.717, 1.165) is 0 Å². The van der Waals surface area contributed by atoms with Crippen LogP contribution in [0.2, 0.25) is 0 Å². The SMILES string of the molecule is COc1cccc(C(=O)CCN)c1N. The van der Waals surface area contributed by atoms with E-state index in [1.807, 2.05) is 0 Å². The van der Waals surface area contributed by atoms with E-state index in [0.29, 0.717) is 30.0 Å². The van der Waals surface area contributed by atoms with Crippen LogP contribution in [0.4, 0.5) is 5.69 Å². The van der Waals surface area contributed by atoms with Crippen LogP contribution in [0.3, 0.4) is 0 Å². The molecular weight excluding hydrogens is 180 g/mol. The number of para-hydroxylation sites is 1. The molecule has 1 aromatic carbocycles. The third-order valence-corrected chi connectivity index (χ3v) is 1.96. The van der Waals surface area contributed by atoms with E-state index < -0.39 is 0 Å². The standard InChI is InChI=1S/C10H14N2O2/c1-14-9-4-2-3-7(10(9)12)8(13)5-6-11/h2-4H,5-6,11-12H2,1H3. The van der Waals surface area contributed by atoms with Gasteiger partial charge in [0.05, 0.1) is 12.8 Å². The topological polar surface area (TPSA) is 78.3 Å². The first kappa shape index (κ1) is 10.5. The molecule has 0 heterocycles. The van der Waals surface area contributed by atoms with E-state index in [-0.39, 0.29) is 5.78 Å². The van der Waals surface area contributed by atoms with Gasteiger partial charge in [0.2, 0.25) is 0 Å². The molecular formula is C10H14N2O2. The number of carbonyl (C=O) groups is 1. The third kappa shape index (κ3) is 2.03. The second-order valence-electron chi connectivity index (χ2n) is 2.88. The molecule has 0 aliphatic heterocycles. The number of Topliss-reactive ketones (excluding diaryl/α,β-unsaturated/α-hetero) is 1. The second-order valence-corrected chi connectivity index (χ2v) is 2.88. The van der Waals surface area contributed by atoms with Crippen molar-refractivity contribution in [2.75, 3.05) is 19.4 Å². The van der Waals surface area contributed by atoms with Crippen molar-refractivity contribution in [2.24, 2.45) is 5.73 Å². The molecule has 0 saturated carbocycles. The zero-order valence-electron chi connectivity index (χ0n) is 8.12. The number of ketones is 1. The molecule has 1 aromatic rings. The molecule has 0 fully saturated rings. The number of benzene rings is 1. The number of nitrogen functional groups attached to an aromatic ring is 1. The summed E-state index contributed by atoms with van der Waals surface area (Å²) in [5, 5.41) is 0. The summed E-state index contributed by atoms with van der Waals surface area (Å²) in [5.41, 5.74) is 11.9. The summed E-state index contributed by atoms with van der Waals surface area (Å²) < 4.78 is 5.01. The Hall–Kier alpha value is -1.55. The molecule has 0 aliphatic carbocycles. The summed E-state index contributed by atoms with van der Waals surface area (Å²) in [6.45, 7) is 0.329. The molecule has 0 amide bonds. The summed E-state index contributed by atoms with van der Waals surface area (Å²) in [6, 6.07) is 5.13. The van der Waals surface area contributed by atoms with E-state index in [1.54, 1.807) is 18.2 Å². The second kappa shape index (κ2) is 4.62. The van der Waals surface area contributed by atoms with Crippen LogP contribution in [0.15, 0.2) is 18.2 Å². The quantitative estimate of drug-likeness (QED) is 0.549. The molecule has 0 aromatic heterocycles. The van der Waals surface area contributed by atoms with Crippen molar-refractivity contribution in [1.29, 1.82) is 0 Å². The molecule has 0 spiro atoms. The molecule has 0 aliphatic rings. The maximum atomic E-state index is 11.5. The van der Waals surface area contributed by atoms with Crippen molar-refractivity contribution >= 4 is 11.5 Å². The Bertz CT molecular complexity index is 337. The summed E-state index contributed by atoms with van der Waals surface area (Å²) in [5.74, 6) is 0.469. The van der Waals surface area contributed by atoms with Crippen LogP contribution in [0.25, 0.3) is 0 Å². The van der Waals surface area contributed by atoms with Crippen LogP contribution >= 0.6 is 0 Å². The first-order valence-corrected chi connectivity index (χ1v) is 4.36. The van der Waals surface area contributed by atoms with E-state index in [4.69, 9.17) is 16.2 Å². The first-order chi connectivity index (χ1) is 6.70. The number of anilines is 1. The number of methoxy groups -OCH3 is 1. The van der Waals surface area contributed by atoms with E-state index in [1.165, 1.54) is 7.11 Å². The lowest BCUT2D eigenvalue weighted by molar-refractivity contribution is 0.0986. The van der Waals surface area contributed by atoms with Gasteiger partial charge in [-0.05, 0) is 18.7 Å². The Balaban J connectivity index is 3.03. The largest absolute Gasteiger partial charge is 0.495 e. The number of ether oxygens (including phenoxy) is 1. The Morgan fingerprint density at radius 3 is 2.79 bits per heavy atom. The van der Waals surface area contributed by atoms with Gasteiger partial charge < -0.3 is 16.2 Å². The zero-order valence-corrected chi connectivity index (χ0v) is 8.12. The highest BCUT2D eigenvalue weighted by Crippen LogP contribution is 2.25. The van der Waals surface area contributed by atoms with Crippen molar-refractivity contribution in [3.8, 4) is 5.75 Å². The fourth-order valence-corrected chi connectivity index (χ4v) is 1.23. The zero-order chi connectivity index (χ0) is 10.6. The van der Waals surface area contributed by atoms with Crippen LogP contribution in [-0.4, -0.2) is 19.4 Å². The Kier molecular flexibility index (Phi) is 3.48. The summed E-state index contributed by atoms with van der Waals surface area (Å²) in [4.78, 5) is 11.5. The molecule has 4 nitrogen and oxygen atoms in total. The van der Waals surface area contributed by atoms with Gasteiger partial charge in [0.25, 0.3) is 0 Å². The molecule has 76 valence electrons. The molecule has 0 atom stereocenters. The molecule has 0 bridgehead atoms. The van der Waals surface area contributed by atoms with Crippen LogP contribution < -0.4 is 16.2 Å². The molecule has 14 heavy (non-hydrogen) atoms. The Morgan fingerprint density at radius 1 is 1.50 bits per heavy atom. The number of rotatable bonds is 4. The van der Waals surface area contributed by atoms with Gasteiger partial charge >= 0.3 is 0 Å². The van der Waals surface area contributed by atoms with Gasteiger partial charge in [0, 0.05) is 12.0 Å². The lowest BCUT2D eigenvalue weighted by Crippen LogP contribution is -2.10. The lowest BCUT2D eigenvalue weighted by atomic mass is 10.1. The predicted molar refractivity (Wildman–Crippen MR) is 55.4 cm³/mol. The summed E-state index contributed by atoms with van der Waals surface area (Å²) >= 11 is 0. The van der Waals surface area contributed by atoms with E-state index >= 15 is 0 Å². The monoisotopic (exact) mass is 194 g/mol. The van der Waals surface area contributed by atoms with Gasteiger partial charge in [0.15, 0.2) is 5.78 Å². The average Bonchev–Trinajstić information content (AvgIpc) is 2.18. The summed E-state index contributed by atoms with van der Waals surface area (Å²) in [7, 11) is 1.52. The maximum Gasteiger partial charge on any atom is 0.166 e. The van der Waals surface area contributed by atoms with Gasteiger partial charge in [-0.1, -0.05) is 6.07 Å². The summed E-state index contributed by atoms with van der Waals surface area (Å²) in [6.07, 6.45) is 0.303. The predicted octanol–water partition coefficient (Wildman–Crippen LogP) is 0.809. The molecule has 0 saturated heterocycles. The van der Waals surface area contributed by atoms with Gasteiger partial charge in [-0.15, -0.1) is 0 Å². The minimum Gasteiger partial charge on any atom is -0.495 e. The highest BCUT2D eigenvalue weighted by molar-refractivity contribution is 6.01. The van der Waals surface area contributed by atoms with E-state index in [2.05, 4.69) is 0 Å². The fourth-order valence-electron chi connectivity index (χ4n) is 1.23. The van der Waals surface area contributed by atoms with Crippen molar-refractivity contribution in [1.82, 2.24) is 0 Å². The minimum atomic E-state index is -0.0519. The molecule has 4 heteroatoms. The number of hydrogen-bond acceptors (Lipinski definition) is 4. The van der Waals surface area contributed by atoms with Crippen molar-refractivity contribution in [3.63, 3.8) is 0 Å². The van der Waals surface area contributed by atoms with E-state index in [9.17, 15) is 4.79 Å². The van der Waals surface area contributed by atoms with Crippen LogP contribution in [0, 0.1) is 0 Å². The first-order valence-electron chi connectivity index (χ1n) is 4.36. The van der Waals surface area contributed by atoms with Gasteiger partial charge in [-0.3, -0.25) is 4.79 Å².